The van der Waals surface area contributed by atoms with Gasteiger partial charge < -0.3 is 20.9 Å². The van der Waals surface area contributed by atoms with E-state index in [4.69, 9.17) is 15.6 Å². The Hall–Kier alpha value is -2.53. The van der Waals surface area contributed by atoms with Crippen molar-refractivity contribution in [1.29, 1.82) is 0 Å². The van der Waals surface area contributed by atoms with Crippen LogP contribution in [0.5, 0.6) is 5.75 Å². The van der Waals surface area contributed by atoms with E-state index in [1.807, 2.05) is 6.92 Å². The van der Waals surface area contributed by atoms with Gasteiger partial charge in [-0.1, -0.05) is 12.1 Å². The first-order chi connectivity index (χ1) is 10.1. The molecule has 1 amide bonds. The molecule has 4 N–H and O–H groups in total. The van der Waals surface area contributed by atoms with Crippen molar-refractivity contribution >= 4 is 17.3 Å². The lowest BCUT2D eigenvalue weighted by Crippen LogP contribution is -2.12. The predicted molar refractivity (Wildman–Crippen MR) is 82.3 cm³/mol. The number of hydrogen-bond acceptors (Lipinski definition) is 4. The summed E-state index contributed by atoms with van der Waals surface area (Å²) in [7, 11) is 0. The highest BCUT2D eigenvalue weighted by Gasteiger charge is 2.09. The standard InChI is InChI=1S/C16H18N2O3/c1-2-21-15-8-12(7-13(17)9-15)16(20)18-14-5-3-11(10-19)4-6-14/h3-9,19H,2,10,17H2,1H3,(H,18,20). The zero-order chi connectivity index (χ0) is 15.2. The van der Waals surface area contributed by atoms with Gasteiger partial charge in [-0.25, -0.2) is 0 Å². The number of nitrogens with one attached hydrogen (secondary N) is 1. The highest BCUT2D eigenvalue weighted by molar-refractivity contribution is 6.05. The summed E-state index contributed by atoms with van der Waals surface area (Å²) in [5.74, 6) is 0.304. The van der Waals surface area contributed by atoms with Crippen molar-refractivity contribution < 1.29 is 14.6 Å². The maximum atomic E-state index is 12.2. The lowest BCUT2D eigenvalue weighted by atomic mass is 10.1. The molecule has 0 bridgehead atoms. The molecule has 2 aromatic carbocycles. The molecule has 2 aromatic rings. The molecular weight excluding hydrogens is 268 g/mol. The molecule has 5 nitrogen and oxygen atoms in total. The number of anilines is 2. The molecule has 5 heteroatoms. The third-order valence-electron chi connectivity index (χ3n) is 2.90. The van der Waals surface area contributed by atoms with Crippen LogP contribution in [-0.4, -0.2) is 17.6 Å². The fourth-order valence-corrected chi connectivity index (χ4v) is 1.90. The molecule has 0 aliphatic rings. The van der Waals surface area contributed by atoms with E-state index in [2.05, 4.69) is 5.32 Å². The van der Waals surface area contributed by atoms with Crippen LogP contribution in [0.1, 0.15) is 22.8 Å². The number of nitrogen functional groups attached to an aromatic ring is 1. The Labute approximate surface area is 123 Å². The van der Waals surface area contributed by atoms with Gasteiger partial charge in [0.15, 0.2) is 0 Å². The second kappa shape index (κ2) is 6.76. The Morgan fingerprint density at radius 3 is 2.57 bits per heavy atom. The number of carbonyl (C=O) groups excluding carboxylic acids is 1. The Morgan fingerprint density at radius 1 is 1.24 bits per heavy atom. The Kier molecular flexibility index (Phi) is 4.79. The molecule has 0 heterocycles. The fourth-order valence-electron chi connectivity index (χ4n) is 1.90. The molecular formula is C16H18N2O3. The van der Waals surface area contributed by atoms with Crippen LogP contribution in [0.4, 0.5) is 11.4 Å². The minimum atomic E-state index is -0.264. The summed E-state index contributed by atoms with van der Waals surface area (Å²) in [5, 5.41) is 11.8. The Bertz CT molecular complexity index is 624. The van der Waals surface area contributed by atoms with Gasteiger partial charge in [0.05, 0.1) is 13.2 Å². The van der Waals surface area contributed by atoms with Crippen LogP contribution < -0.4 is 15.8 Å². The highest BCUT2D eigenvalue weighted by Crippen LogP contribution is 2.20. The summed E-state index contributed by atoms with van der Waals surface area (Å²) >= 11 is 0. The molecule has 110 valence electrons. The maximum absolute atomic E-state index is 12.2. The minimum Gasteiger partial charge on any atom is -0.494 e. The molecule has 0 radical (unpaired) electrons. The van der Waals surface area contributed by atoms with Gasteiger partial charge in [0.25, 0.3) is 5.91 Å². The predicted octanol–water partition coefficient (Wildman–Crippen LogP) is 2.41. The maximum Gasteiger partial charge on any atom is 0.255 e. The van der Waals surface area contributed by atoms with Gasteiger partial charge in [-0.2, -0.15) is 0 Å². The van der Waals surface area contributed by atoms with Gasteiger partial charge in [-0.05, 0) is 36.8 Å². The van der Waals surface area contributed by atoms with E-state index in [9.17, 15) is 4.79 Å². The quantitative estimate of drug-likeness (QED) is 0.737. The van der Waals surface area contributed by atoms with Crippen molar-refractivity contribution in [3.63, 3.8) is 0 Å². The van der Waals surface area contributed by atoms with Gasteiger partial charge >= 0.3 is 0 Å². The third-order valence-corrected chi connectivity index (χ3v) is 2.90. The molecule has 2 rings (SSSR count). The van der Waals surface area contributed by atoms with Crippen LogP contribution in [0, 0.1) is 0 Å². The molecule has 0 aromatic heterocycles. The monoisotopic (exact) mass is 286 g/mol. The van der Waals surface area contributed by atoms with Crippen LogP contribution in [0.25, 0.3) is 0 Å². The summed E-state index contributed by atoms with van der Waals surface area (Å²) in [6.07, 6.45) is 0. The largest absolute Gasteiger partial charge is 0.494 e. The van der Waals surface area contributed by atoms with Crippen LogP contribution in [0.3, 0.4) is 0 Å². The van der Waals surface area contributed by atoms with Crippen LogP contribution >= 0.6 is 0 Å². The Balaban J connectivity index is 2.15. The Morgan fingerprint density at radius 2 is 1.95 bits per heavy atom. The number of benzene rings is 2. The first kappa shape index (κ1) is 14.9. The third kappa shape index (κ3) is 3.97. The molecule has 0 saturated heterocycles. The SMILES string of the molecule is CCOc1cc(N)cc(C(=O)Nc2ccc(CO)cc2)c1. The van der Waals surface area contributed by atoms with E-state index in [1.54, 1.807) is 42.5 Å². The molecule has 0 fully saturated rings. The molecule has 21 heavy (non-hydrogen) atoms. The van der Waals surface area contributed by atoms with Crippen LogP contribution in [0.2, 0.25) is 0 Å². The van der Waals surface area contributed by atoms with E-state index in [0.29, 0.717) is 29.3 Å². The van der Waals surface area contributed by atoms with E-state index in [1.165, 1.54) is 0 Å². The first-order valence-corrected chi connectivity index (χ1v) is 6.67. The molecule has 0 aliphatic carbocycles. The van der Waals surface area contributed by atoms with Gasteiger partial charge in [0, 0.05) is 23.0 Å². The van der Waals surface area contributed by atoms with Crippen molar-refractivity contribution in [1.82, 2.24) is 0 Å². The second-order valence-electron chi connectivity index (χ2n) is 4.53. The second-order valence-corrected chi connectivity index (χ2v) is 4.53. The summed E-state index contributed by atoms with van der Waals surface area (Å²) in [6.45, 7) is 2.35. The number of aliphatic hydroxyl groups excluding tert-OH is 1. The average Bonchev–Trinajstić information content (AvgIpc) is 2.48. The van der Waals surface area contributed by atoms with Crippen molar-refractivity contribution in [2.24, 2.45) is 0 Å². The zero-order valence-electron chi connectivity index (χ0n) is 11.8. The number of ether oxygens (including phenoxy) is 1. The number of nitrogens with two attached hydrogens (primary N) is 1. The molecule has 0 atom stereocenters. The van der Waals surface area contributed by atoms with Crippen LogP contribution in [-0.2, 0) is 6.61 Å². The summed E-state index contributed by atoms with van der Waals surface area (Å²) in [6, 6.07) is 11.9. The lowest BCUT2D eigenvalue weighted by Gasteiger charge is -2.09. The molecule has 0 spiro atoms. The van der Waals surface area contributed by atoms with Gasteiger partial charge in [-0.15, -0.1) is 0 Å². The van der Waals surface area contributed by atoms with Crippen molar-refractivity contribution in [3.8, 4) is 5.75 Å². The highest BCUT2D eigenvalue weighted by atomic mass is 16.5. The lowest BCUT2D eigenvalue weighted by molar-refractivity contribution is 0.102. The number of carbonyl (C=O) groups is 1. The van der Waals surface area contributed by atoms with E-state index in [0.717, 1.165) is 5.56 Å². The van der Waals surface area contributed by atoms with Crippen molar-refractivity contribution in [2.45, 2.75) is 13.5 Å². The molecule has 0 aliphatic heterocycles. The molecule has 0 unspecified atom stereocenters. The number of rotatable bonds is 5. The fraction of sp³-hybridized carbons (Fsp3) is 0.188. The van der Waals surface area contributed by atoms with Gasteiger partial charge in [-0.3, -0.25) is 4.79 Å². The number of aliphatic hydroxyl groups is 1. The van der Waals surface area contributed by atoms with E-state index >= 15 is 0 Å². The average molecular weight is 286 g/mol. The normalized spacial score (nSPS) is 10.2. The van der Waals surface area contributed by atoms with Crippen molar-refractivity contribution in [2.75, 3.05) is 17.7 Å². The smallest absolute Gasteiger partial charge is 0.255 e. The minimum absolute atomic E-state index is 0.0266. The summed E-state index contributed by atoms with van der Waals surface area (Å²) in [5.41, 5.74) is 8.12. The van der Waals surface area contributed by atoms with Crippen LogP contribution in [0.15, 0.2) is 42.5 Å². The van der Waals surface area contributed by atoms with Gasteiger partial charge in [0.2, 0.25) is 0 Å². The summed E-state index contributed by atoms with van der Waals surface area (Å²) < 4.78 is 5.37. The summed E-state index contributed by atoms with van der Waals surface area (Å²) in [4.78, 5) is 12.2. The van der Waals surface area contributed by atoms with Gasteiger partial charge in [0.1, 0.15) is 5.75 Å². The number of hydrogen-bond donors (Lipinski definition) is 3. The van der Waals surface area contributed by atoms with E-state index in [-0.39, 0.29) is 12.5 Å². The zero-order valence-corrected chi connectivity index (χ0v) is 11.8. The number of amides is 1. The van der Waals surface area contributed by atoms with E-state index < -0.39 is 0 Å². The molecule has 0 saturated carbocycles. The topological polar surface area (TPSA) is 84.6 Å². The first-order valence-electron chi connectivity index (χ1n) is 6.67. The van der Waals surface area contributed by atoms with Crippen molar-refractivity contribution in [3.05, 3.63) is 53.6 Å².